The zero-order valence-corrected chi connectivity index (χ0v) is 11.6. The van der Waals surface area contributed by atoms with Crippen LogP contribution in [0.4, 0.5) is 0 Å². The van der Waals surface area contributed by atoms with Crippen molar-refractivity contribution >= 4 is 5.97 Å². The summed E-state index contributed by atoms with van der Waals surface area (Å²) in [7, 11) is 6.63. The summed E-state index contributed by atoms with van der Waals surface area (Å²) >= 11 is 0. The van der Waals surface area contributed by atoms with Crippen LogP contribution in [0, 0.1) is 0 Å². The largest absolute Gasteiger partial charge is 0.497 e. The van der Waals surface area contributed by atoms with Gasteiger partial charge in [-0.1, -0.05) is 0 Å². The molecule has 0 aliphatic rings. The smallest absolute Gasteiger partial charge is 0.322 e. The fraction of sp³-hybridized carbons (Fsp3) is 0.462. The summed E-state index contributed by atoms with van der Waals surface area (Å²) in [6, 6.07) is 3.70. The first-order valence-electron chi connectivity index (χ1n) is 5.79. The van der Waals surface area contributed by atoms with Crippen molar-refractivity contribution in [2.24, 2.45) is 5.73 Å². The van der Waals surface area contributed by atoms with E-state index in [0.29, 0.717) is 17.1 Å². The molecule has 2 unspecified atom stereocenters. The molecule has 0 bridgehead atoms. The Morgan fingerprint density at radius 1 is 1.32 bits per heavy atom. The van der Waals surface area contributed by atoms with E-state index in [-0.39, 0.29) is 0 Å². The summed E-state index contributed by atoms with van der Waals surface area (Å²) < 4.78 is 10.4. The molecule has 1 aromatic rings. The van der Waals surface area contributed by atoms with Gasteiger partial charge in [-0.2, -0.15) is 0 Å². The van der Waals surface area contributed by atoms with Gasteiger partial charge in [0.25, 0.3) is 0 Å². The zero-order chi connectivity index (χ0) is 14.6. The van der Waals surface area contributed by atoms with E-state index in [1.54, 1.807) is 44.3 Å². The Morgan fingerprint density at radius 2 is 1.95 bits per heavy atom. The predicted molar refractivity (Wildman–Crippen MR) is 71.6 cm³/mol. The predicted octanol–water partition coefficient (Wildman–Crippen LogP) is 0.718. The number of nitrogens with two attached hydrogens (primary N) is 1. The van der Waals surface area contributed by atoms with Crippen LogP contribution in [-0.2, 0) is 4.79 Å². The summed E-state index contributed by atoms with van der Waals surface area (Å²) in [5.41, 5.74) is 6.47. The summed E-state index contributed by atoms with van der Waals surface area (Å²) in [6.07, 6.45) is 0. The normalized spacial score (nSPS) is 14.0. The van der Waals surface area contributed by atoms with Crippen LogP contribution in [0.5, 0.6) is 11.5 Å². The monoisotopic (exact) mass is 268 g/mol. The highest BCUT2D eigenvalue weighted by Crippen LogP contribution is 2.33. The van der Waals surface area contributed by atoms with E-state index < -0.39 is 18.1 Å². The van der Waals surface area contributed by atoms with E-state index >= 15 is 0 Å². The van der Waals surface area contributed by atoms with Crippen LogP contribution in [0.25, 0.3) is 0 Å². The van der Waals surface area contributed by atoms with Crippen LogP contribution in [0.15, 0.2) is 18.2 Å². The van der Waals surface area contributed by atoms with Gasteiger partial charge in [0.1, 0.15) is 17.5 Å². The summed E-state index contributed by atoms with van der Waals surface area (Å²) in [5, 5.41) is 9.11. The molecule has 1 aromatic carbocycles. The second-order valence-corrected chi connectivity index (χ2v) is 4.38. The topological polar surface area (TPSA) is 85.0 Å². The molecule has 19 heavy (non-hydrogen) atoms. The van der Waals surface area contributed by atoms with Crippen molar-refractivity contribution in [3.8, 4) is 11.5 Å². The van der Waals surface area contributed by atoms with Gasteiger partial charge in [0.15, 0.2) is 0 Å². The Morgan fingerprint density at radius 3 is 2.37 bits per heavy atom. The van der Waals surface area contributed by atoms with Gasteiger partial charge in [-0.25, -0.2) is 0 Å². The molecule has 1 rings (SSSR count). The molecule has 0 radical (unpaired) electrons. The molecule has 0 aliphatic carbocycles. The lowest BCUT2D eigenvalue weighted by atomic mass is 9.97. The first-order chi connectivity index (χ1) is 8.92. The van der Waals surface area contributed by atoms with Gasteiger partial charge in [-0.05, 0) is 26.2 Å². The third kappa shape index (κ3) is 3.36. The molecular weight excluding hydrogens is 248 g/mol. The van der Waals surface area contributed by atoms with Crippen LogP contribution < -0.4 is 15.2 Å². The molecule has 0 spiro atoms. The van der Waals surface area contributed by atoms with Crippen LogP contribution in [0.2, 0.25) is 0 Å². The maximum absolute atomic E-state index is 11.1. The highest BCUT2D eigenvalue weighted by Gasteiger charge is 2.30. The van der Waals surface area contributed by atoms with Crippen LogP contribution in [-0.4, -0.2) is 50.3 Å². The molecule has 0 fully saturated rings. The van der Waals surface area contributed by atoms with Crippen molar-refractivity contribution in [3.05, 3.63) is 23.8 Å². The molecule has 0 saturated carbocycles. The Balaban J connectivity index is 3.26. The number of carboxylic acids is 1. The standard InChI is InChI=1S/C13H20N2O4/c1-15(2)12(11(14)13(16)17)9-6-5-8(18-3)7-10(9)19-4/h5-7,11-12H,14H2,1-4H3,(H,16,17). The van der Waals surface area contributed by atoms with Crippen LogP contribution >= 0.6 is 0 Å². The Kier molecular flexibility index (Phi) is 5.14. The fourth-order valence-corrected chi connectivity index (χ4v) is 1.99. The maximum atomic E-state index is 11.1. The first kappa shape index (κ1) is 15.3. The number of methoxy groups -OCH3 is 2. The molecule has 0 amide bonds. The Labute approximate surface area is 112 Å². The lowest BCUT2D eigenvalue weighted by molar-refractivity contribution is -0.140. The van der Waals surface area contributed by atoms with Gasteiger partial charge in [-0.15, -0.1) is 0 Å². The molecule has 0 heterocycles. The lowest BCUT2D eigenvalue weighted by Gasteiger charge is -2.29. The second-order valence-electron chi connectivity index (χ2n) is 4.38. The van der Waals surface area contributed by atoms with Crippen LogP contribution in [0.1, 0.15) is 11.6 Å². The van der Waals surface area contributed by atoms with E-state index in [1.807, 2.05) is 0 Å². The number of carboxylic acid groups (broad SMARTS) is 1. The average Bonchev–Trinajstić information content (AvgIpc) is 2.38. The van der Waals surface area contributed by atoms with Crippen molar-refractivity contribution in [1.82, 2.24) is 4.90 Å². The number of hydrogen-bond acceptors (Lipinski definition) is 5. The second kappa shape index (κ2) is 6.40. The minimum atomic E-state index is -1.06. The first-order valence-corrected chi connectivity index (χ1v) is 5.79. The van der Waals surface area contributed by atoms with Gasteiger partial charge >= 0.3 is 5.97 Å². The quantitative estimate of drug-likeness (QED) is 0.790. The minimum absolute atomic E-state index is 0.488. The highest BCUT2D eigenvalue weighted by atomic mass is 16.5. The van der Waals surface area contributed by atoms with Gasteiger partial charge in [0, 0.05) is 11.6 Å². The van der Waals surface area contributed by atoms with Crippen molar-refractivity contribution in [1.29, 1.82) is 0 Å². The minimum Gasteiger partial charge on any atom is -0.497 e. The summed E-state index contributed by atoms with van der Waals surface area (Å²) in [6.45, 7) is 0. The van der Waals surface area contributed by atoms with Crippen molar-refractivity contribution in [2.75, 3.05) is 28.3 Å². The molecule has 0 saturated heterocycles. The van der Waals surface area contributed by atoms with Crippen molar-refractivity contribution in [3.63, 3.8) is 0 Å². The zero-order valence-electron chi connectivity index (χ0n) is 11.6. The molecule has 0 aromatic heterocycles. The number of likely N-dealkylation sites (N-methyl/N-ethyl adjacent to an activating group) is 1. The molecular formula is C13H20N2O4. The highest BCUT2D eigenvalue weighted by molar-refractivity contribution is 5.74. The van der Waals surface area contributed by atoms with Crippen LogP contribution in [0.3, 0.4) is 0 Å². The Bertz CT molecular complexity index is 448. The Hall–Kier alpha value is -1.79. The number of ether oxygens (including phenoxy) is 2. The number of nitrogens with zero attached hydrogens (tertiary/aromatic N) is 1. The molecule has 106 valence electrons. The fourth-order valence-electron chi connectivity index (χ4n) is 1.99. The number of carbonyl (C=O) groups is 1. The van der Waals surface area contributed by atoms with Crippen molar-refractivity contribution in [2.45, 2.75) is 12.1 Å². The molecule has 0 aliphatic heterocycles. The third-order valence-corrected chi connectivity index (χ3v) is 2.94. The number of rotatable bonds is 6. The number of hydrogen-bond donors (Lipinski definition) is 2. The maximum Gasteiger partial charge on any atom is 0.322 e. The SMILES string of the molecule is COc1ccc(C(C(N)C(=O)O)N(C)C)c(OC)c1. The van der Waals surface area contributed by atoms with E-state index in [4.69, 9.17) is 20.3 Å². The number of benzene rings is 1. The summed E-state index contributed by atoms with van der Waals surface area (Å²) in [4.78, 5) is 12.9. The number of aliphatic carboxylic acids is 1. The molecule has 2 atom stereocenters. The summed E-state index contributed by atoms with van der Waals surface area (Å²) in [5.74, 6) is 0.133. The average molecular weight is 268 g/mol. The van der Waals surface area contributed by atoms with Gasteiger partial charge < -0.3 is 25.2 Å². The molecule has 6 heteroatoms. The van der Waals surface area contributed by atoms with E-state index in [0.717, 1.165) is 0 Å². The molecule has 3 N–H and O–H groups in total. The lowest BCUT2D eigenvalue weighted by Crippen LogP contribution is -2.43. The van der Waals surface area contributed by atoms with Gasteiger partial charge in [-0.3, -0.25) is 4.79 Å². The van der Waals surface area contributed by atoms with E-state index in [2.05, 4.69) is 0 Å². The molecule has 6 nitrogen and oxygen atoms in total. The van der Waals surface area contributed by atoms with Gasteiger partial charge in [0.05, 0.1) is 20.3 Å². The van der Waals surface area contributed by atoms with E-state index in [1.165, 1.54) is 7.11 Å². The van der Waals surface area contributed by atoms with Gasteiger partial charge in [0.2, 0.25) is 0 Å². The van der Waals surface area contributed by atoms with E-state index in [9.17, 15) is 4.79 Å². The third-order valence-electron chi connectivity index (χ3n) is 2.94. The van der Waals surface area contributed by atoms with Crippen molar-refractivity contribution < 1.29 is 19.4 Å².